The lowest BCUT2D eigenvalue weighted by Crippen LogP contribution is -2.26. The minimum atomic E-state index is -0.0700. The molecular weight excluding hydrogens is 274 g/mol. The quantitative estimate of drug-likeness (QED) is 0.803. The lowest BCUT2D eigenvalue weighted by atomic mass is 10.1. The Morgan fingerprint density at radius 1 is 1.20 bits per heavy atom. The predicted octanol–water partition coefficient (Wildman–Crippen LogP) is 3.71. The van der Waals surface area contributed by atoms with E-state index < -0.39 is 0 Å². The fraction of sp³-hybridized carbons (Fsp3) is 0.188. The first kappa shape index (κ1) is 14.4. The number of carbonyl (C=O) groups is 1. The summed E-state index contributed by atoms with van der Waals surface area (Å²) in [6.07, 6.45) is 0. The molecule has 20 heavy (non-hydrogen) atoms. The van der Waals surface area contributed by atoms with Gasteiger partial charge in [0.15, 0.2) is 0 Å². The molecule has 0 saturated carbocycles. The monoisotopic (exact) mass is 289 g/mol. The number of carbonyl (C=O) groups excluding carboxylic acids is 1. The number of alkyl halides is 1. The molecule has 1 amide bonds. The molecule has 2 rings (SSSR count). The van der Waals surface area contributed by atoms with Crippen LogP contribution in [-0.4, -0.2) is 20.1 Å². The van der Waals surface area contributed by atoms with Gasteiger partial charge in [0, 0.05) is 30.2 Å². The molecule has 0 bridgehead atoms. The van der Waals surface area contributed by atoms with E-state index in [0.29, 0.717) is 11.4 Å². The Bertz CT molecular complexity index is 596. The Hall–Kier alpha value is -2.00. The second-order valence-corrected chi connectivity index (χ2v) is 4.66. The van der Waals surface area contributed by atoms with Gasteiger partial charge in [-0.15, -0.1) is 11.6 Å². The molecule has 0 aliphatic heterocycles. The maximum absolute atomic E-state index is 12.4. The lowest BCUT2D eigenvalue weighted by molar-refractivity contribution is 0.0993. The van der Waals surface area contributed by atoms with Crippen LogP contribution >= 0.6 is 11.6 Å². The molecule has 3 nitrogen and oxygen atoms in total. The van der Waals surface area contributed by atoms with E-state index in [0.717, 1.165) is 17.0 Å². The van der Waals surface area contributed by atoms with Crippen molar-refractivity contribution in [1.82, 2.24) is 0 Å². The van der Waals surface area contributed by atoms with E-state index in [1.54, 1.807) is 31.2 Å². The van der Waals surface area contributed by atoms with Gasteiger partial charge in [0.1, 0.15) is 5.75 Å². The first-order valence-electron chi connectivity index (χ1n) is 6.22. The van der Waals surface area contributed by atoms with Crippen LogP contribution in [0.3, 0.4) is 0 Å². The van der Waals surface area contributed by atoms with Crippen LogP contribution < -0.4 is 9.64 Å². The number of nitrogens with zero attached hydrogens (tertiary/aromatic N) is 1. The number of benzene rings is 2. The van der Waals surface area contributed by atoms with Crippen molar-refractivity contribution in [2.24, 2.45) is 0 Å². The van der Waals surface area contributed by atoms with Crippen LogP contribution in [0.4, 0.5) is 5.69 Å². The van der Waals surface area contributed by atoms with Gasteiger partial charge in [-0.25, -0.2) is 0 Å². The van der Waals surface area contributed by atoms with Gasteiger partial charge < -0.3 is 9.64 Å². The molecular formula is C16H16ClNO2. The molecule has 0 spiro atoms. The Morgan fingerprint density at radius 3 is 2.50 bits per heavy atom. The zero-order valence-electron chi connectivity index (χ0n) is 11.5. The van der Waals surface area contributed by atoms with Gasteiger partial charge in [-0.05, 0) is 29.8 Å². The van der Waals surface area contributed by atoms with Gasteiger partial charge >= 0.3 is 0 Å². The number of halogens is 1. The van der Waals surface area contributed by atoms with Crippen LogP contribution in [-0.2, 0) is 5.88 Å². The molecule has 0 aliphatic carbocycles. The molecule has 0 aliphatic rings. The first-order valence-corrected chi connectivity index (χ1v) is 6.76. The average molecular weight is 290 g/mol. The summed E-state index contributed by atoms with van der Waals surface area (Å²) in [5, 5.41) is 0. The van der Waals surface area contributed by atoms with Crippen molar-refractivity contribution in [2.75, 3.05) is 19.1 Å². The largest absolute Gasteiger partial charge is 0.497 e. The molecule has 0 aromatic heterocycles. The van der Waals surface area contributed by atoms with Gasteiger partial charge in [-0.1, -0.05) is 18.2 Å². The smallest absolute Gasteiger partial charge is 0.258 e. The van der Waals surface area contributed by atoms with Gasteiger partial charge in [0.25, 0.3) is 5.91 Å². The van der Waals surface area contributed by atoms with Crippen molar-refractivity contribution >= 4 is 23.2 Å². The topological polar surface area (TPSA) is 29.5 Å². The van der Waals surface area contributed by atoms with Crippen molar-refractivity contribution < 1.29 is 9.53 Å². The van der Waals surface area contributed by atoms with E-state index in [9.17, 15) is 4.79 Å². The minimum absolute atomic E-state index is 0.0700. The Balaban J connectivity index is 2.22. The van der Waals surface area contributed by atoms with Crippen LogP contribution in [0.25, 0.3) is 0 Å². The van der Waals surface area contributed by atoms with Crippen LogP contribution in [0.15, 0.2) is 48.5 Å². The average Bonchev–Trinajstić information content (AvgIpc) is 2.53. The van der Waals surface area contributed by atoms with E-state index in [-0.39, 0.29) is 5.91 Å². The third-order valence-corrected chi connectivity index (χ3v) is 3.41. The molecule has 2 aromatic rings. The van der Waals surface area contributed by atoms with Crippen molar-refractivity contribution in [1.29, 1.82) is 0 Å². The summed E-state index contributed by atoms with van der Waals surface area (Å²) in [7, 11) is 3.35. The first-order chi connectivity index (χ1) is 9.65. The maximum atomic E-state index is 12.4. The number of hydrogen-bond acceptors (Lipinski definition) is 2. The summed E-state index contributed by atoms with van der Waals surface area (Å²) in [6.45, 7) is 0. The Morgan fingerprint density at radius 2 is 1.90 bits per heavy atom. The molecule has 0 atom stereocenters. The molecule has 0 saturated heterocycles. The Kier molecular flexibility index (Phi) is 4.64. The summed E-state index contributed by atoms with van der Waals surface area (Å²) < 4.78 is 5.17. The van der Waals surface area contributed by atoms with Crippen LogP contribution in [0.2, 0.25) is 0 Å². The van der Waals surface area contributed by atoms with E-state index in [2.05, 4.69) is 0 Å². The van der Waals surface area contributed by atoms with E-state index in [1.807, 2.05) is 36.4 Å². The minimum Gasteiger partial charge on any atom is -0.497 e. The van der Waals surface area contributed by atoms with Gasteiger partial charge in [0.2, 0.25) is 0 Å². The number of methoxy groups -OCH3 is 1. The fourth-order valence-corrected chi connectivity index (χ4v) is 2.04. The second-order valence-electron chi connectivity index (χ2n) is 4.40. The standard InChI is InChI=1S/C16H16ClNO2/c1-18(14-4-3-5-15(10-14)20-2)16(19)13-8-6-12(11-17)7-9-13/h3-10H,11H2,1-2H3. The fourth-order valence-electron chi connectivity index (χ4n) is 1.87. The number of hydrogen-bond donors (Lipinski definition) is 0. The highest BCUT2D eigenvalue weighted by molar-refractivity contribution is 6.17. The van der Waals surface area contributed by atoms with Crippen LogP contribution in [0.1, 0.15) is 15.9 Å². The van der Waals surface area contributed by atoms with Crippen molar-refractivity contribution in [3.8, 4) is 5.75 Å². The molecule has 104 valence electrons. The molecule has 0 unspecified atom stereocenters. The summed E-state index contributed by atoms with van der Waals surface area (Å²) >= 11 is 5.74. The number of ether oxygens (including phenoxy) is 1. The predicted molar refractivity (Wildman–Crippen MR) is 81.7 cm³/mol. The zero-order chi connectivity index (χ0) is 14.5. The van der Waals surface area contributed by atoms with E-state index in [4.69, 9.17) is 16.3 Å². The molecule has 4 heteroatoms. The van der Waals surface area contributed by atoms with E-state index >= 15 is 0 Å². The zero-order valence-corrected chi connectivity index (χ0v) is 12.2. The normalized spacial score (nSPS) is 10.2. The highest BCUT2D eigenvalue weighted by Crippen LogP contribution is 2.21. The van der Waals surface area contributed by atoms with Gasteiger partial charge in [-0.2, -0.15) is 0 Å². The molecule has 0 heterocycles. The maximum Gasteiger partial charge on any atom is 0.258 e. The third kappa shape index (κ3) is 3.11. The lowest BCUT2D eigenvalue weighted by Gasteiger charge is -2.18. The molecule has 0 fully saturated rings. The third-order valence-electron chi connectivity index (χ3n) is 3.10. The SMILES string of the molecule is COc1cccc(N(C)C(=O)c2ccc(CCl)cc2)c1. The molecule has 0 N–H and O–H groups in total. The summed E-state index contributed by atoms with van der Waals surface area (Å²) in [6, 6.07) is 14.7. The van der Waals surface area contributed by atoms with E-state index in [1.165, 1.54) is 0 Å². The van der Waals surface area contributed by atoms with Crippen LogP contribution in [0, 0.1) is 0 Å². The van der Waals surface area contributed by atoms with Gasteiger partial charge in [-0.3, -0.25) is 4.79 Å². The number of amides is 1. The van der Waals surface area contributed by atoms with Gasteiger partial charge in [0.05, 0.1) is 7.11 Å². The highest BCUT2D eigenvalue weighted by atomic mass is 35.5. The Labute approximate surface area is 123 Å². The van der Waals surface area contributed by atoms with Crippen LogP contribution in [0.5, 0.6) is 5.75 Å². The van der Waals surface area contributed by atoms with Crippen molar-refractivity contribution in [3.63, 3.8) is 0 Å². The van der Waals surface area contributed by atoms with Crippen molar-refractivity contribution in [2.45, 2.75) is 5.88 Å². The number of anilines is 1. The second kappa shape index (κ2) is 6.44. The molecule has 0 radical (unpaired) electrons. The summed E-state index contributed by atoms with van der Waals surface area (Å²) in [4.78, 5) is 14.0. The van der Waals surface area contributed by atoms with Crippen molar-refractivity contribution in [3.05, 3.63) is 59.7 Å². The summed E-state index contributed by atoms with van der Waals surface area (Å²) in [5.74, 6) is 1.10. The summed E-state index contributed by atoms with van der Waals surface area (Å²) in [5.41, 5.74) is 2.41. The highest BCUT2D eigenvalue weighted by Gasteiger charge is 2.13. The molecule has 2 aromatic carbocycles. The number of rotatable bonds is 4.